The van der Waals surface area contributed by atoms with E-state index in [2.05, 4.69) is 17.5 Å². The van der Waals surface area contributed by atoms with Gasteiger partial charge in [-0.1, -0.05) is 35.9 Å². The molecule has 0 unspecified atom stereocenters. The maximum Gasteiger partial charge on any atom is 0.407 e. The van der Waals surface area contributed by atoms with Crippen molar-refractivity contribution in [2.75, 3.05) is 26.8 Å². The number of aliphatic hydroxyl groups is 2. The molecule has 2 fully saturated rings. The Morgan fingerprint density at radius 1 is 1.13 bits per heavy atom. The first-order valence-electron chi connectivity index (χ1n) is 16.1. The predicted molar refractivity (Wildman–Crippen MR) is 172 cm³/mol. The molecule has 0 bridgehead atoms. The molecule has 9 nitrogen and oxygen atoms in total. The number of aliphatic hydroxyl groups excluding tert-OH is 1. The monoisotopic (exact) mass is 619 g/mol. The van der Waals surface area contributed by atoms with Gasteiger partial charge in [0, 0.05) is 38.6 Å². The van der Waals surface area contributed by atoms with Crippen molar-refractivity contribution in [3.63, 3.8) is 0 Å². The minimum absolute atomic E-state index is 0.0623. The predicted octanol–water partition coefficient (Wildman–Crippen LogP) is 5.44. The highest BCUT2D eigenvalue weighted by Gasteiger charge is 2.45. The van der Waals surface area contributed by atoms with Gasteiger partial charge >= 0.3 is 6.09 Å². The number of ether oxygens (including phenoxy) is 2. The molecule has 1 aliphatic carbocycles. The lowest BCUT2D eigenvalue weighted by molar-refractivity contribution is -0.141. The van der Waals surface area contributed by atoms with Crippen molar-refractivity contribution in [2.24, 2.45) is 11.8 Å². The highest BCUT2D eigenvalue weighted by atomic mass is 16.6. The molecule has 1 saturated heterocycles. The van der Waals surface area contributed by atoms with Crippen LogP contribution < -0.4 is 5.32 Å². The van der Waals surface area contributed by atoms with Crippen LogP contribution in [-0.4, -0.2) is 71.7 Å². The maximum atomic E-state index is 13.9. The standard InChI is InChI=1S/C36H49N3O6/c1-24-10-8-11-26(18-24)29-19-25(22-37)13-14-30(29)36(43,15-6-7-17-44-5)28-12-9-16-39(23-28)33(41)27-20-31(32(40)21-27)38-34(42)45-35(2,3)4/h8,10-11,13-14,18-19,27-28,31-32,40,43H,6-7,9,12,15-17,20-21,23H2,1-5H3,(H,38,42)/t27-,28+,31+,32-,36-/m0/s1. The van der Waals surface area contributed by atoms with E-state index < -0.39 is 35.4 Å². The van der Waals surface area contributed by atoms with Gasteiger partial charge in [-0.2, -0.15) is 5.26 Å². The molecule has 5 atom stereocenters. The second-order valence-electron chi connectivity index (χ2n) is 13.7. The van der Waals surface area contributed by atoms with Crippen LogP contribution in [0.3, 0.4) is 0 Å². The Morgan fingerprint density at radius 3 is 2.60 bits per heavy atom. The smallest absolute Gasteiger partial charge is 0.407 e. The molecule has 4 rings (SSSR count). The molecular formula is C36H49N3O6. The van der Waals surface area contributed by atoms with E-state index in [1.165, 1.54) is 0 Å². The molecule has 2 aliphatic rings. The molecule has 3 N–H and O–H groups in total. The fourth-order valence-corrected chi connectivity index (χ4v) is 6.90. The number of unbranched alkanes of at least 4 members (excludes halogenated alkanes) is 1. The maximum absolute atomic E-state index is 13.9. The fourth-order valence-electron chi connectivity index (χ4n) is 6.90. The summed E-state index contributed by atoms with van der Waals surface area (Å²) in [5.74, 6) is -0.741. The van der Waals surface area contributed by atoms with Gasteiger partial charge in [0.2, 0.25) is 5.91 Å². The average Bonchev–Trinajstić information content (AvgIpc) is 3.37. The Morgan fingerprint density at radius 2 is 1.91 bits per heavy atom. The number of aryl methyl sites for hydroxylation is 1. The van der Waals surface area contributed by atoms with E-state index in [9.17, 15) is 25.1 Å². The van der Waals surface area contributed by atoms with Gasteiger partial charge in [-0.25, -0.2) is 4.79 Å². The van der Waals surface area contributed by atoms with Crippen molar-refractivity contribution < 1.29 is 29.3 Å². The molecule has 45 heavy (non-hydrogen) atoms. The van der Waals surface area contributed by atoms with E-state index >= 15 is 0 Å². The van der Waals surface area contributed by atoms with Crippen LogP contribution in [0.2, 0.25) is 0 Å². The quantitative estimate of drug-likeness (QED) is 0.302. The van der Waals surface area contributed by atoms with E-state index in [1.807, 2.05) is 42.2 Å². The van der Waals surface area contributed by atoms with Gasteiger partial charge in [0.15, 0.2) is 0 Å². The molecule has 0 spiro atoms. The van der Waals surface area contributed by atoms with Crippen LogP contribution in [0.4, 0.5) is 4.79 Å². The lowest BCUT2D eigenvalue weighted by atomic mass is 9.71. The van der Waals surface area contributed by atoms with Gasteiger partial charge < -0.3 is 29.9 Å². The zero-order valence-corrected chi connectivity index (χ0v) is 27.3. The highest BCUT2D eigenvalue weighted by molar-refractivity contribution is 5.80. The minimum Gasteiger partial charge on any atom is -0.444 e. The summed E-state index contributed by atoms with van der Waals surface area (Å²) in [5.41, 5.74) is 2.20. The summed E-state index contributed by atoms with van der Waals surface area (Å²) in [7, 11) is 1.67. The third-order valence-electron chi connectivity index (χ3n) is 9.09. The topological polar surface area (TPSA) is 132 Å². The zero-order valence-electron chi connectivity index (χ0n) is 27.3. The van der Waals surface area contributed by atoms with Crippen LogP contribution in [0.5, 0.6) is 0 Å². The number of hydrogen-bond acceptors (Lipinski definition) is 7. The van der Waals surface area contributed by atoms with Gasteiger partial charge in [-0.3, -0.25) is 4.79 Å². The molecule has 1 aliphatic heterocycles. The van der Waals surface area contributed by atoms with E-state index in [0.29, 0.717) is 38.1 Å². The van der Waals surface area contributed by atoms with Crippen molar-refractivity contribution in [3.8, 4) is 17.2 Å². The Hall–Kier alpha value is -3.45. The minimum atomic E-state index is -1.25. The number of nitrogens with one attached hydrogen (secondary N) is 1. The number of likely N-dealkylation sites (tertiary alicyclic amines) is 1. The number of rotatable bonds is 10. The van der Waals surface area contributed by atoms with E-state index in [4.69, 9.17) is 9.47 Å². The first kappa shape index (κ1) is 34.4. The molecule has 9 heteroatoms. The molecular weight excluding hydrogens is 570 g/mol. The van der Waals surface area contributed by atoms with E-state index in [0.717, 1.165) is 47.9 Å². The van der Waals surface area contributed by atoms with Gasteiger partial charge in [-0.05, 0) is 101 Å². The molecule has 1 saturated carbocycles. The Bertz CT molecular complexity index is 1380. The molecule has 0 radical (unpaired) electrons. The van der Waals surface area contributed by atoms with Crippen LogP contribution in [0, 0.1) is 30.1 Å². The number of hydrogen-bond donors (Lipinski definition) is 3. The highest BCUT2D eigenvalue weighted by Crippen LogP contribution is 2.44. The third kappa shape index (κ3) is 8.63. The number of benzene rings is 2. The second-order valence-corrected chi connectivity index (χ2v) is 13.7. The second kappa shape index (κ2) is 14.8. The average molecular weight is 620 g/mol. The summed E-state index contributed by atoms with van der Waals surface area (Å²) in [4.78, 5) is 28.0. The number of amides is 2. The summed E-state index contributed by atoms with van der Waals surface area (Å²) in [6.07, 6.45) is 2.62. The SMILES string of the molecule is COCCCC[C@@](O)(c1ccc(C#N)cc1-c1cccc(C)c1)[C@@H]1CCCN(C(=O)[C@@H]2C[C@H](O)[C@H](NC(=O)OC(C)(C)C)C2)C1. The van der Waals surface area contributed by atoms with Crippen LogP contribution in [-0.2, 0) is 19.9 Å². The Balaban J connectivity index is 1.59. The number of nitrogens with zero attached hydrogens (tertiary/aromatic N) is 2. The van der Waals surface area contributed by atoms with Gasteiger partial charge in [0.1, 0.15) is 5.60 Å². The van der Waals surface area contributed by atoms with Crippen molar-refractivity contribution >= 4 is 12.0 Å². The first-order chi connectivity index (χ1) is 21.3. The summed E-state index contributed by atoms with van der Waals surface area (Å²) in [6, 6.07) is 15.2. The number of carbonyl (C=O) groups is 2. The molecule has 244 valence electrons. The lowest BCUT2D eigenvalue weighted by Crippen LogP contribution is -2.49. The number of piperidine rings is 1. The zero-order chi connectivity index (χ0) is 32.8. The molecule has 1 heterocycles. The van der Waals surface area contributed by atoms with Gasteiger partial charge in [0.25, 0.3) is 0 Å². The van der Waals surface area contributed by atoms with Crippen molar-refractivity contribution in [3.05, 3.63) is 59.2 Å². The van der Waals surface area contributed by atoms with Crippen LogP contribution in [0.15, 0.2) is 42.5 Å². The molecule has 2 aromatic rings. The van der Waals surface area contributed by atoms with E-state index in [-0.39, 0.29) is 18.2 Å². The number of carbonyl (C=O) groups excluding carboxylic acids is 2. The van der Waals surface area contributed by atoms with Gasteiger partial charge in [-0.15, -0.1) is 0 Å². The van der Waals surface area contributed by atoms with E-state index in [1.54, 1.807) is 33.9 Å². The number of methoxy groups -OCH3 is 1. The summed E-state index contributed by atoms with van der Waals surface area (Å²) in [5, 5.41) is 35.9. The normalized spacial score (nSPS) is 23.2. The van der Waals surface area contributed by atoms with Gasteiger partial charge in [0.05, 0.1) is 29.4 Å². The van der Waals surface area contributed by atoms with Crippen LogP contribution >= 0.6 is 0 Å². The fraction of sp³-hybridized carbons (Fsp3) is 0.583. The lowest BCUT2D eigenvalue weighted by Gasteiger charge is -2.44. The summed E-state index contributed by atoms with van der Waals surface area (Å²) in [6.45, 7) is 8.89. The number of alkyl carbamates (subject to hydrolysis) is 1. The molecule has 2 aromatic carbocycles. The third-order valence-corrected chi connectivity index (χ3v) is 9.09. The molecule has 2 amide bonds. The Kier molecular flexibility index (Phi) is 11.3. The number of nitriles is 1. The van der Waals surface area contributed by atoms with Crippen molar-refractivity contribution in [2.45, 2.75) is 96.0 Å². The largest absolute Gasteiger partial charge is 0.444 e. The van der Waals surface area contributed by atoms with Crippen LogP contribution in [0.25, 0.3) is 11.1 Å². The summed E-state index contributed by atoms with van der Waals surface area (Å²) < 4.78 is 10.6. The van der Waals surface area contributed by atoms with Crippen molar-refractivity contribution in [1.82, 2.24) is 10.2 Å². The first-order valence-corrected chi connectivity index (χ1v) is 16.1. The Labute approximate surface area is 267 Å². The summed E-state index contributed by atoms with van der Waals surface area (Å²) >= 11 is 0. The van der Waals surface area contributed by atoms with Crippen LogP contribution in [0.1, 0.15) is 82.4 Å². The van der Waals surface area contributed by atoms with Crippen molar-refractivity contribution in [1.29, 1.82) is 5.26 Å². The molecule has 0 aromatic heterocycles.